The second-order valence-corrected chi connectivity index (χ2v) is 11.1. The normalized spacial score (nSPS) is 18.0. The summed E-state index contributed by atoms with van der Waals surface area (Å²) in [4.78, 5) is 23.6. The minimum Gasteiger partial charge on any atom is -0.381 e. The molecular weight excluding hydrogens is 519 g/mol. The number of alkyl halides is 3. The highest BCUT2D eigenvalue weighted by molar-refractivity contribution is 6.04. The van der Waals surface area contributed by atoms with Gasteiger partial charge in [0.05, 0.1) is 0 Å². The molecule has 0 unspecified atom stereocenters. The van der Waals surface area contributed by atoms with Gasteiger partial charge in [-0.3, -0.25) is 9.78 Å². The fourth-order valence-corrected chi connectivity index (χ4v) is 5.24. The predicted molar refractivity (Wildman–Crippen MR) is 148 cm³/mol. The molecule has 5 rings (SSSR count). The third-order valence-electron chi connectivity index (χ3n) is 7.82. The third kappa shape index (κ3) is 6.45. The van der Waals surface area contributed by atoms with E-state index in [2.05, 4.69) is 34.3 Å². The number of anilines is 2. The average Bonchev–Trinajstić information content (AvgIpc) is 2.94. The largest absolute Gasteiger partial charge is 0.433 e. The van der Waals surface area contributed by atoms with Gasteiger partial charge in [-0.25, -0.2) is 4.98 Å². The maximum Gasteiger partial charge on any atom is 0.433 e. The van der Waals surface area contributed by atoms with Gasteiger partial charge in [-0.2, -0.15) is 13.2 Å². The van der Waals surface area contributed by atoms with Crippen LogP contribution < -0.4 is 16.0 Å². The highest BCUT2D eigenvalue weighted by Gasteiger charge is 2.33. The Labute approximate surface area is 232 Å². The van der Waals surface area contributed by atoms with Crippen LogP contribution in [-0.4, -0.2) is 47.7 Å². The molecule has 0 aliphatic carbocycles. The number of carbonyl (C=O) groups excluding carboxylic acids is 1. The number of nitrogens with zero attached hydrogens (tertiary/aromatic N) is 3. The molecule has 40 heavy (non-hydrogen) atoms. The van der Waals surface area contributed by atoms with Crippen LogP contribution in [0.2, 0.25) is 0 Å². The molecule has 2 saturated heterocycles. The predicted octanol–water partition coefficient (Wildman–Crippen LogP) is 5.93. The van der Waals surface area contributed by atoms with Gasteiger partial charge in [0.25, 0.3) is 5.91 Å². The number of rotatable bonds is 5. The summed E-state index contributed by atoms with van der Waals surface area (Å²) < 4.78 is 44.9. The highest BCUT2D eigenvalue weighted by Crippen LogP contribution is 2.35. The number of hydrogen-bond acceptors (Lipinski definition) is 6. The zero-order valence-corrected chi connectivity index (χ0v) is 22.7. The summed E-state index contributed by atoms with van der Waals surface area (Å²) in [6.07, 6.45) is -0.0995. The van der Waals surface area contributed by atoms with Crippen LogP contribution in [0, 0.1) is 6.92 Å². The van der Waals surface area contributed by atoms with Crippen LogP contribution in [0.3, 0.4) is 0 Å². The smallest absolute Gasteiger partial charge is 0.381 e. The topological polar surface area (TPSA) is 93.4 Å². The Hall–Kier alpha value is -3.50. The molecule has 2 aliphatic heterocycles. The van der Waals surface area contributed by atoms with Crippen LogP contribution in [-0.2, 0) is 10.9 Å². The number of aryl methyl sites for hydroxylation is 1. The third-order valence-corrected chi connectivity index (χ3v) is 7.82. The molecule has 1 amide bonds. The second-order valence-electron chi connectivity index (χ2n) is 11.1. The van der Waals surface area contributed by atoms with E-state index in [1.54, 1.807) is 6.07 Å². The summed E-state index contributed by atoms with van der Waals surface area (Å²) in [5.41, 5.74) is 9.37. The van der Waals surface area contributed by atoms with Crippen molar-refractivity contribution in [2.45, 2.75) is 57.2 Å². The van der Waals surface area contributed by atoms with Crippen molar-refractivity contribution in [1.82, 2.24) is 9.97 Å². The van der Waals surface area contributed by atoms with E-state index < -0.39 is 17.8 Å². The van der Waals surface area contributed by atoms with Crippen LogP contribution in [0.1, 0.15) is 65.8 Å². The van der Waals surface area contributed by atoms with E-state index in [1.807, 2.05) is 19.1 Å². The highest BCUT2D eigenvalue weighted by atomic mass is 19.4. The summed E-state index contributed by atoms with van der Waals surface area (Å²) in [7, 11) is 0. The molecule has 2 aliphatic rings. The van der Waals surface area contributed by atoms with Crippen LogP contribution in [0.25, 0.3) is 11.1 Å². The lowest BCUT2D eigenvalue weighted by molar-refractivity contribution is -0.141. The average molecular weight is 554 g/mol. The molecule has 0 saturated carbocycles. The fraction of sp³-hybridized carbons (Fsp3) is 0.433. The van der Waals surface area contributed by atoms with Crippen LogP contribution in [0.5, 0.6) is 0 Å². The van der Waals surface area contributed by atoms with E-state index in [1.165, 1.54) is 6.07 Å². The number of aromatic nitrogens is 2. The molecule has 0 spiro atoms. The van der Waals surface area contributed by atoms with Gasteiger partial charge in [-0.05, 0) is 92.6 Å². The van der Waals surface area contributed by atoms with E-state index in [9.17, 15) is 18.0 Å². The fourth-order valence-electron chi connectivity index (χ4n) is 5.24. The van der Waals surface area contributed by atoms with Crippen molar-refractivity contribution in [2.24, 2.45) is 5.73 Å². The lowest BCUT2D eigenvalue weighted by Crippen LogP contribution is -2.48. The maximum atomic E-state index is 13.1. The molecule has 0 radical (unpaired) electrons. The standard InChI is InChI=1S/C30H34F3N5O2/c1-19-3-4-23(36-28(39)21-5-10-35-26(16-21)30(31,32)33)18-24(19)22-15-25(20-6-13-40-14-7-20)37-27(17-22)38-11-8-29(2,34)9-12-38/h3-5,10,15-18,20H,6-9,11-14,34H2,1-2H3,(H,36,39). The molecule has 0 bridgehead atoms. The summed E-state index contributed by atoms with van der Waals surface area (Å²) in [5, 5.41) is 2.75. The SMILES string of the molecule is Cc1ccc(NC(=O)c2ccnc(C(F)(F)F)c2)cc1-c1cc(C2CCOCC2)nc(N2CCC(C)(N)CC2)c1. The number of nitrogens with one attached hydrogen (secondary N) is 1. The molecule has 1 aromatic carbocycles. The van der Waals surface area contributed by atoms with Crippen molar-refractivity contribution in [1.29, 1.82) is 0 Å². The summed E-state index contributed by atoms with van der Waals surface area (Å²) in [6.45, 7) is 7.11. The van der Waals surface area contributed by atoms with Crippen LogP contribution in [0.4, 0.5) is 24.7 Å². The number of ether oxygens (including phenoxy) is 1. The summed E-state index contributed by atoms with van der Waals surface area (Å²) in [5.74, 6) is 0.550. The van der Waals surface area contributed by atoms with Crippen molar-refractivity contribution in [2.75, 3.05) is 36.5 Å². The van der Waals surface area contributed by atoms with E-state index in [0.717, 1.165) is 79.2 Å². The summed E-state index contributed by atoms with van der Waals surface area (Å²) >= 11 is 0. The van der Waals surface area contributed by atoms with Crippen LogP contribution >= 0.6 is 0 Å². The number of carbonyl (C=O) groups is 1. The molecule has 212 valence electrons. The Kier molecular flexibility index (Phi) is 7.83. The first kappa shape index (κ1) is 28.0. The molecule has 3 aromatic rings. The maximum absolute atomic E-state index is 13.1. The zero-order valence-electron chi connectivity index (χ0n) is 22.7. The molecular formula is C30H34F3N5O2. The number of halogens is 3. The van der Waals surface area contributed by atoms with Gasteiger partial charge in [-0.15, -0.1) is 0 Å². The molecule has 3 N–H and O–H groups in total. The van der Waals surface area contributed by atoms with Gasteiger partial charge in [0.15, 0.2) is 0 Å². The van der Waals surface area contributed by atoms with E-state index in [-0.39, 0.29) is 17.0 Å². The van der Waals surface area contributed by atoms with Crippen LogP contribution in [0.15, 0.2) is 48.7 Å². The number of pyridine rings is 2. The summed E-state index contributed by atoms with van der Waals surface area (Å²) in [6, 6.07) is 11.7. The minimum atomic E-state index is -4.63. The Morgan fingerprint density at radius 2 is 1.82 bits per heavy atom. The number of benzene rings is 1. The van der Waals surface area contributed by atoms with E-state index in [4.69, 9.17) is 15.5 Å². The van der Waals surface area contributed by atoms with E-state index >= 15 is 0 Å². The van der Waals surface area contributed by atoms with Crippen molar-refractivity contribution >= 4 is 17.4 Å². The first-order chi connectivity index (χ1) is 19.0. The molecule has 0 atom stereocenters. The van der Waals surface area contributed by atoms with Crippen molar-refractivity contribution in [3.8, 4) is 11.1 Å². The van der Waals surface area contributed by atoms with Gasteiger partial charge in [0.1, 0.15) is 11.5 Å². The molecule has 4 heterocycles. The minimum absolute atomic E-state index is 0.116. The van der Waals surface area contributed by atoms with Crippen molar-refractivity contribution in [3.63, 3.8) is 0 Å². The van der Waals surface area contributed by atoms with Gasteiger partial charge in [-0.1, -0.05) is 6.07 Å². The van der Waals surface area contributed by atoms with Crippen molar-refractivity contribution in [3.05, 3.63) is 71.2 Å². The molecule has 2 aromatic heterocycles. The van der Waals surface area contributed by atoms with Gasteiger partial charge >= 0.3 is 6.18 Å². The number of amides is 1. The lowest BCUT2D eigenvalue weighted by atomic mass is 9.90. The first-order valence-electron chi connectivity index (χ1n) is 13.6. The Morgan fingerprint density at radius 3 is 2.52 bits per heavy atom. The Morgan fingerprint density at radius 1 is 1.10 bits per heavy atom. The number of piperidine rings is 1. The zero-order chi connectivity index (χ0) is 28.5. The first-order valence-corrected chi connectivity index (χ1v) is 13.6. The molecule has 7 nitrogen and oxygen atoms in total. The monoisotopic (exact) mass is 553 g/mol. The molecule has 2 fully saturated rings. The number of nitrogens with two attached hydrogens (primary N) is 1. The quantitative estimate of drug-likeness (QED) is 0.407. The molecule has 10 heteroatoms. The lowest BCUT2D eigenvalue weighted by Gasteiger charge is -2.38. The number of hydrogen-bond donors (Lipinski definition) is 2. The van der Waals surface area contributed by atoms with E-state index in [0.29, 0.717) is 18.9 Å². The van der Waals surface area contributed by atoms with Gasteiger partial charge in [0.2, 0.25) is 0 Å². The Bertz CT molecular complexity index is 1380. The Balaban J connectivity index is 1.47. The van der Waals surface area contributed by atoms with Gasteiger partial charge < -0.3 is 20.7 Å². The van der Waals surface area contributed by atoms with Crippen molar-refractivity contribution < 1.29 is 22.7 Å². The second kappa shape index (κ2) is 11.2. The van der Waals surface area contributed by atoms with Gasteiger partial charge in [0, 0.05) is 60.9 Å².